The number of rotatable bonds is 0. The predicted molar refractivity (Wildman–Crippen MR) is 50.1 cm³/mol. The minimum atomic E-state index is 0.0619. The van der Waals surface area contributed by atoms with Crippen molar-refractivity contribution in [3.05, 3.63) is 32.3 Å². The molecule has 1 N–H and O–H groups in total. The monoisotopic (exact) mass is 229 g/mol. The molecule has 2 rings (SSSR count). The fourth-order valence-electron chi connectivity index (χ4n) is 0.949. The van der Waals surface area contributed by atoms with E-state index < -0.39 is 0 Å². The van der Waals surface area contributed by atoms with E-state index in [0.717, 1.165) is 14.7 Å². The van der Waals surface area contributed by atoms with Gasteiger partial charge in [-0.15, -0.1) is 11.3 Å². The second-order valence-corrected chi connectivity index (χ2v) is 3.86. The Morgan fingerprint density at radius 1 is 1.55 bits per heavy atom. The first kappa shape index (κ1) is 7.06. The summed E-state index contributed by atoms with van der Waals surface area (Å²) in [7, 11) is 0. The van der Waals surface area contributed by atoms with Crippen LogP contribution in [0.4, 0.5) is 0 Å². The molecule has 0 fully saturated rings. The topological polar surface area (TPSA) is 32.9 Å². The number of H-pyrrole nitrogens is 1. The van der Waals surface area contributed by atoms with Gasteiger partial charge in [-0.1, -0.05) is 0 Å². The lowest BCUT2D eigenvalue weighted by molar-refractivity contribution is 1.42. The van der Waals surface area contributed by atoms with Gasteiger partial charge in [0.25, 0.3) is 0 Å². The van der Waals surface area contributed by atoms with Crippen molar-refractivity contribution < 1.29 is 0 Å². The van der Waals surface area contributed by atoms with Crippen LogP contribution in [-0.4, -0.2) is 4.98 Å². The van der Waals surface area contributed by atoms with E-state index in [1.54, 1.807) is 6.20 Å². The first-order chi connectivity index (χ1) is 5.29. The van der Waals surface area contributed by atoms with Crippen molar-refractivity contribution in [1.82, 2.24) is 4.98 Å². The van der Waals surface area contributed by atoms with Crippen LogP contribution >= 0.6 is 27.3 Å². The number of aromatic nitrogens is 1. The molecule has 2 aromatic rings. The zero-order chi connectivity index (χ0) is 7.84. The smallest absolute Gasteiger partial charge is 0.191 e. The summed E-state index contributed by atoms with van der Waals surface area (Å²) in [6.45, 7) is 0. The molecule has 0 amide bonds. The summed E-state index contributed by atoms with van der Waals surface area (Å²) < 4.78 is 0.874. The van der Waals surface area contributed by atoms with E-state index in [1.807, 2.05) is 5.38 Å². The van der Waals surface area contributed by atoms with Gasteiger partial charge in [-0.05, 0) is 15.9 Å². The van der Waals surface area contributed by atoms with Crippen LogP contribution in [0.15, 0.2) is 26.9 Å². The van der Waals surface area contributed by atoms with Crippen LogP contribution in [0.3, 0.4) is 0 Å². The van der Waals surface area contributed by atoms with Gasteiger partial charge in [0.1, 0.15) is 4.83 Å². The maximum Gasteiger partial charge on any atom is 0.191 e. The highest BCUT2D eigenvalue weighted by atomic mass is 79.9. The number of fused-ring (bicyclic) bond motifs is 1. The molecule has 11 heavy (non-hydrogen) atoms. The van der Waals surface area contributed by atoms with Crippen molar-refractivity contribution >= 4 is 37.5 Å². The van der Waals surface area contributed by atoms with Crippen molar-refractivity contribution in [3.63, 3.8) is 0 Å². The third-order valence-electron chi connectivity index (χ3n) is 1.44. The number of hydrogen-bond donors (Lipinski definition) is 1. The molecule has 2 heterocycles. The number of halogens is 1. The molecule has 4 heteroatoms. The molecule has 0 unspecified atom stereocenters. The van der Waals surface area contributed by atoms with E-state index in [-0.39, 0.29) is 5.43 Å². The molecule has 0 bridgehead atoms. The van der Waals surface area contributed by atoms with Crippen LogP contribution in [0.1, 0.15) is 0 Å². The van der Waals surface area contributed by atoms with Crippen LogP contribution in [-0.2, 0) is 0 Å². The van der Waals surface area contributed by atoms with Crippen LogP contribution in [0.2, 0.25) is 0 Å². The van der Waals surface area contributed by atoms with Crippen molar-refractivity contribution in [2.24, 2.45) is 0 Å². The maximum absolute atomic E-state index is 11.2. The lowest BCUT2D eigenvalue weighted by Crippen LogP contribution is -1.97. The largest absolute Gasteiger partial charge is 0.353 e. The highest BCUT2D eigenvalue weighted by Gasteiger charge is 2.03. The van der Waals surface area contributed by atoms with E-state index in [1.165, 1.54) is 17.4 Å². The summed E-state index contributed by atoms with van der Waals surface area (Å²) in [4.78, 5) is 15.1. The first-order valence-electron chi connectivity index (χ1n) is 3.03. The number of pyridine rings is 1. The summed E-state index contributed by atoms with van der Waals surface area (Å²) in [5, 5.41) is 2.65. The minimum Gasteiger partial charge on any atom is -0.353 e. The Kier molecular flexibility index (Phi) is 1.58. The third-order valence-corrected chi connectivity index (χ3v) is 3.28. The van der Waals surface area contributed by atoms with Crippen LogP contribution < -0.4 is 5.43 Å². The quantitative estimate of drug-likeness (QED) is 0.740. The molecule has 0 radical (unpaired) electrons. The van der Waals surface area contributed by atoms with Crippen LogP contribution in [0, 0.1) is 0 Å². The molecule has 0 aliphatic carbocycles. The summed E-state index contributed by atoms with van der Waals surface area (Å²) in [5.74, 6) is 0. The molecule has 2 nitrogen and oxygen atoms in total. The summed E-state index contributed by atoms with van der Waals surface area (Å²) in [6, 6.07) is 1.53. The van der Waals surface area contributed by atoms with E-state index in [2.05, 4.69) is 20.9 Å². The zero-order valence-corrected chi connectivity index (χ0v) is 7.83. The Morgan fingerprint density at radius 2 is 2.36 bits per heavy atom. The van der Waals surface area contributed by atoms with Crippen molar-refractivity contribution in [1.29, 1.82) is 0 Å². The number of aromatic amines is 1. The Bertz CT molecular complexity index is 445. The molecule has 0 spiro atoms. The van der Waals surface area contributed by atoms with E-state index >= 15 is 0 Å². The molecule has 0 atom stereocenters. The Labute approximate surface area is 75.0 Å². The van der Waals surface area contributed by atoms with E-state index in [9.17, 15) is 4.79 Å². The molecular formula is C7H4BrNOS. The van der Waals surface area contributed by atoms with Crippen molar-refractivity contribution in [2.75, 3.05) is 0 Å². The maximum atomic E-state index is 11.2. The second-order valence-electron chi connectivity index (χ2n) is 2.13. The standard InChI is InChI=1S/C7H4BrNOS/c8-4-3-11-7-6(4)5(10)1-2-9-7/h1-3H,(H,9,10). The van der Waals surface area contributed by atoms with Gasteiger partial charge in [0, 0.05) is 22.1 Å². The number of hydrogen-bond acceptors (Lipinski definition) is 2. The van der Waals surface area contributed by atoms with Gasteiger partial charge in [0.2, 0.25) is 0 Å². The summed E-state index contributed by atoms with van der Waals surface area (Å²) >= 11 is 4.83. The average molecular weight is 230 g/mol. The van der Waals surface area contributed by atoms with Gasteiger partial charge in [-0.3, -0.25) is 4.79 Å². The Hall–Kier alpha value is -0.610. The number of thiophene rings is 1. The van der Waals surface area contributed by atoms with Gasteiger partial charge < -0.3 is 4.98 Å². The van der Waals surface area contributed by atoms with E-state index in [4.69, 9.17) is 0 Å². The lowest BCUT2D eigenvalue weighted by atomic mass is 10.3. The van der Waals surface area contributed by atoms with E-state index in [0.29, 0.717) is 0 Å². The highest BCUT2D eigenvalue weighted by molar-refractivity contribution is 9.10. The van der Waals surface area contributed by atoms with Crippen LogP contribution in [0.25, 0.3) is 10.2 Å². The SMILES string of the molecule is O=c1cc[nH]c2scc(Br)c12. The fourth-order valence-corrected chi connectivity index (χ4v) is 2.56. The molecular weight excluding hydrogens is 226 g/mol. The molecule has 0 saturated carbocycles. The Balaban J connectivity index is 3.08. The van der Waals surface area contributed by atoms with Crippen molar-refractivity contribution in [2.45, 2.75) is 0 Å². The summed E-state index contributed by atoms with van der Waals surface area (Å²) in [5.41, 5.74) is 0.0619. The Morgan fingerprint density at radius 3 is 3.09 bits per heavy atom. The predicted octanol–water partition coefficient (Wildman–Crippen LogP) is 2.35. The van der Waals surface area contributed by atoms with Crippen molar-refractivity contribution in [3.8, 4) is 0 Å². The third kappa shape index (κ3) is 1.02. The average Bonchev–Trinajstić information content (AvgIpc) is 2.34. The minimum absolute atomic E-state index is 0.0619. The normalized spacial score (nSPS) is 10.6. The van der Waals surface area contributed by atoms with Gasteiger partial charge in [0.15, 0.2) is 5.43 Å². The van der Waals surface area contributed by atoms with Gasteiger partial charge >= 0.3 is 0 Å². The summed E-state index contributed by atoms with van der Waals surface area (Å²) in [6.07, 6.45) is 1.66. The van der Waals surface area contributed by atoms with Gasteiger partial charge in [-0.25, -0.2) is 0 Å². The molecule has 0 saturated heterocycles. The molecule has 0 aromatic carbocycles. The first-order valence-corrected chi connectivity index (χ1v) is 4.70. The fraction of sp³-hybridized carbons (Fsp3) is 0. The van der Waals surface area contributed by atoms with Gasteiger partial charge in [-0.2, -0.15) is 0 Å². The molecule has 0 aliphatic rings. The highest BCUT2D eigenvalue weighted by Crippen LogP contribution is 2.25. The van der Waals surface area contributed by atoms with Gasteiger partial charge in [0.05, 0.1) is 5.39 Å². The number of nitrogens with one attached hydrogen (secondary N) is 1. The molecule has 0 aliphatic heterocycles. The molecule has 2 aromatic heterocycles. The molecule has 56 valence electrons. The van der Waals surface area contributed by atoms with Crippen LogP contribution in [0.5, 0.6) is 0 Å². The lowest BCUT2D eigenvalue weighted by Gasteiger charge is -1.86. The zero-order valence-electron chi connectivity index (χ0n) is 5.43. The second kappa shape index (κ2) is 2.46.